The fourth-order valence-corrected chi connectivity index (χ4v) is 4.06. The monoisotopic (exact) mass is 656 g/mol. The van der Waals surface area contributed by atoms with Crippen LogP contribution in [0.3, 0.4) is 0 Å². The third kappa shape index (κ3) is 13.5. The van der Waals surface area contributed by atoms with E-state index in [-0.39, 0.29) is 0 Å². The lowest BCUT2D eigenvalue weighted by Crippen LogP contribution is -2.16. The van der Waals surface area contributed by atoms with E-state index in [9.17, 15) is 0 Å². The van der Waals surface area contributed by atoms with E-state index >= 15 is 0 Å². The second-order valence-electron chi connectivity index (χ2n) is 9.38. The number of ether oxygens (including phenoxy) is 14. The van der Waals surface area contributed by atoms with Crippen LogP contribution in [0.1, 0.15) is 0 Å². The van der Waals surface area contributed by atoms with Crippen LogP contribution in [0.4, 0.5) is 0 Å². The molecular formula is C32H48O14. The molecule has 1 aliphatic rings. The van der Waals surface area contributed by atoms with Crippen LogP contribution in [0.25, 0.3) is 0 Å². The van der Waals surface area contributed by atoms with Crippen molar-refractivity contribution in [2.45, 2.75) is 0 Å². The summed E-state index contributed by atoms with van der Waals surface area (Å²) in [5, 5.41) is 0. The van der Waals surface area contributed by atoms with Gasteiger partial charge in [0, 0.05) is 24.3 Å². The minimum absolute atomic E-state index is 0.305. The van der Waals surface area contributed by atoms with Gasteiger partial charge < -0.3 is 66.3 Å². The molecule has 0 saturated carbocycles. The first-order valence-corrected chi connectivity index (χ1v) is 15.2. The molecule has 14 heteroatoms. The summed E-state index contributed by atoms with van der Waals surface area (Å²) in [5.74, 6) is 4.15. The molecule has 2 aromatic carbocycles. The number of benzene rings is 2. The van der Waals surface area contributed by atoms with Gasteiger partial charge in [-0.1, -0.05) is 0 Å². The van der Waals surface area contributed by atoms with Gasteiger partial charge in [0.05, 0.1) is 108 Å². The maximum absolute atomic E-state index is 5.92. The topological polar surface area (TPSA) is 129 Å². The lowest BCUT2D eigenvalue weighted by Gasteiger charge is -2.17. The SMILES string of the molecule is COc1cc2c(cc1OC)OCCOCCOCCOCCOc1cc(OC)c(OC)cc1OCCOCCOCCOCCO2. The van der Waals surface area contributed by atoms with Gasteiger partial charge in [0.2, 0.25) is 0 Å². The summed E-state index contributed by atoms with van der Waals surface area (Å²) in [6.07, 6.45) is 0. The summed E-state index contributed by atoms with van der Waals surface area (Å²) >= 11 is 0. The van der Waals surface area contributed by atoms with E-state index in [1.165, 1.54) is 0 Å². The van der Waals surface area contributed by atoms with E-state index < -0.39 is 0 Å². The Hall–Kier alpha value is -3.40. The molecule has 1 aliphatic heterocycles. The standard InChI is InChI=1S/C32H48O14/c1-33-25-21-29-30(22-26(25)34-2)44-18-14-40-10-6-38-8-12-42-16-20-46-32-24-28(36-4)27(35-3)23-31(32)45-19-15-41-11-7-37-5-9-39-13-17-43-29/h21-24H,5-20H2,1-4H3. The molecule has 0 unspecified atom stereocenters. The Labute approximate surface area is 270 Å². The molecule has 0 spiro atoms. The highest BCUT2D eigenvalue weighted by Gasteiger charge is 2.15. The smallest absolute Gasteiger partial charge is 0.165 e. The van der Waals surface area contributed by atoms with Crippen molar-refractivity contribution in [1.82, 2.24) is 0 Å². The van der Waals surface area contributed by atoms with E-state index in [1.807, 2.05) is 0 Å². The maximum Gasteiger partial charge on any atom is 0.165 e. The predicted octanol–water partition coefficient (Wildman–Crippen LogP) is 3.05. The third-order valence-electron chi connectivity index (χ3n) is 6.33. The van der Waals surface area contributed by atoms with Crippen LogP contribution in [0.15, 0.2) is 24.3 Å². The van der Waals surface area contributed by atoms with Gasteiger partial charge in [-0.3, -0.25) is 0 Å². The zero-order valence-corrected chi connectivity index (χ0v) is 27.3. The lowest BCUT2D eigenvalue weighted by molar-refractivity contribution is 0.00244. The van der Waals surface area contributed by atoms with Crippen molar-refractivity contribution in [3.05, 3.63) is 24.3 Å². The van der Waals surface area contributed by atoms with Crippen LogP contribution < -0.4 is 37.9 Å². The first-order valence-electron chi connectivity index (χ1n) is 15.2. The zero-order valence-electron chi connectivity index (χ0n) is 27.3. The lowest BCUT2D eigenvalue weighted by atomic mass is 10.2. The molecule has 0 saturated heterocycles. The molecule has 0 radical (unpaired) electrons. The van der Waals surface area contributed by atoms with Crippen molar-refractivity contribution >= 4 is 0 Å². The highest BCUT2D eigenvalue weighted by molar-refractivity contribution is 5.55. The van der Waals surface area contributed by atoms with Gasteiger partial charge in [-0.2, -0.15) is 0 Å². The van der Waals surface area contributed by atoms with Crippen molar-refractivity contribution in [2.24, 2.45) is 0 Å². The van der Waals surface area contributed by atoms with Gasteiger partial charge in [0.15, 0.2) is 46.0 Å². The molecule has 0 fully saturated rings. The van der Waals surface area contributed by atoms with E-state index in [1.54, 1.807) is 52.7 Å². The average molecular weight is 657 g/mol. The zero-order chi connectivity index (χ0) is 32.7. The molecule has 0 aromatic heterocycles. The molecule has 0 atom stereocenters. The molecule has 3 rings (SSSR count). The van der Waals surface area contributed by atoms with Crippen molar-refractivity contribution < 1.29 is 66.3 Å². The minimum Gasteiger partial charge on any atom is -0.493 e. The van der Waals surface area contributed by atoms with Crippen molar-refractivity contribution in [1.29, 1.82) is 0 Å². The van der Waals surface area contributed by atoms with E-state index in [0.29, 0.717) is 152 Å². The highest BCUT2D eigenvalue weighted by atomic mass is 16.6. The van der Waals surface area contributed by atoms with Gasteiger partial charge in [0.1, 0.15) is 26.4 Å². The summed E-state index contributed by atoms with van der Waals surface area (Å²) in [5.41, 5.74) is 0. The largest absolute Gasteiger partial charge is 0.493 e. The van der Waals surface area contributed by atoms with Crippen LogP contribution in [-0.2, 0) is 28.4 Å². The summed E-state index contributed by atoms with van der Waals surface area (Å²) in [4.78, 5) is 0. The van der Waals surface area contributed by atoms with Gasteiger partial charge >= 0.3 is 0 Å². The fraction of sp³-hybridized carbons (Fsp3) is 0.625. The minimum atomic E-state index is 0.305. The van der Waals surface area contributed by atoms with Gasteiger partial charge in [0.25, 0.3) is 0 Å². The van der Waals surface area contributed by atoms with Gasteiger partial charge in [-0.25, -0.2) is 0 Å². The van der Waals surface area contributed by atoms with Crippen LogP contribution in [0.5, 0.6) is 46.0 Å². The predicted molar refractivity (Wildman–Crippen MR) is 166 cm³/mol. The van der Waals surface area contributed by atoms with E-state index in [4.69, 9.17) is 66.3 Å². The molecule has 1 heterocycles. The Morgan fingerprint density at radius 2 is 0.478 bits per heavy atom. The van der Waals surface area contributed by atoms with Gasteiger partial charge in [-0.15, -0.1) is 0 Å². The van der Waals surface area contributed by atoms with Crippen molar-refractivity contribution in [2.75, 3.05) is 134 Å². The van der Waals surface area contributed by atoms with Crippen LogP contribution in [0, 0.1) is 0 Å². The third-order valence-corrected chi connectivity index (χ3v) is 6.33. The van der Waals surface area contributed by atoms with Crippen LogP contribution in [-0.4, -0.2) is 134 Å². The van der Waals surface area contributed by atoms with Gasteiger partial charge in [-0.05, 0) is 0 Å². The number of fused-ring (bicyclic) bond motifs is 2. The molecule has 14 nitrogen and oxygen atoms in total. The molecule has 0 bridgehead atoms. The fourth-order valence-electron chi connectivity index (χ4n) is 4.06. The summed E-state index contributed by atoms with van der Waals surface area (Å²) in [7, 11) is 6.25. The Morgan fingerprint density at radius 3 is 0.652 bits per heavy atom. The van der Waals surface area contributed by atoms with E-state index in [0.717, 1.165) is 0 Å². The Bertz CT molecular complexity index is 931. The normalized spacial score (nSPS) is 17.7. The second-order valence-corrected chi connectivity index (χ2v) is 9.38. The van der Waals surface area contributed by atoms with Crippen molar-refractivity contribution in [3.8, 4) is 46.0 Å². The summed E-state index contributed by atoms with van der Waals surface area (Å²) in [6.45, 7) is 6.01. The van der Waals surface area contributed by atoms with Crippen LogP contribution >= 0.6 is 0 Å². The molecule has 46 heavy (non-hydrogen) atoms. The highest BCUT2D eigenvalue weighted by Crippen LogP contribution is 2.40. The quantitative estimate of drug-likeness (QED) is 0.478. The number of methoxy groups -OCH3 is 4. The second kappa shape index (κ2) is 23.0. The van der Waals surface area contributed by atoms with Crippen LogP contribution in [0.2, 0.25) is 0 Å². The van der Waals surface area contributed by atoms with E-state index in [2.05, 4.69) is 0 Å². The molecule has 0 N–H and O–H groups in total. The number of hydrogen-bond acceptors (Lipinski definition) is 14. The maximum atomic E-state index is 5.92. The Morgan fingerprint density at radius 1 is 0.304 bits per heavy atom. The first kappa shape index (κ1) is 37.1. The average Bonchev–Trinajstić information content (AvgIpc) is 3.08. The summed E-state index contributed by atoms with van der Waals surface area (Å²) < 4.78 is 79.0. The Kier molecular flexibility index (Phi) is 18.5. The summed E-state index contributed by atoms with van der Waals surface area (Å²) in [6, 6.07) is 6.89. The van der Waals surface area contributed by atoms with Crippen molar-refractivity contribution in [3.63, 3.8) is 0 Å². The number of hydrogen-bond donors (Lipinski definition) is 0. The Balaban J connectivity index is 1.50. The number of rotatable bonds is 4. The molecule has 0 amide bonds. The molecule has 0 aliphatic carbocycles. The molecular weight excluding hydrogens is 608 g/mol. The molecule has 2 aromatic rings. The first-order chi connectivity index (χ1) is 22.7. The molecule has 260 valence electrons.